The maximum atomic E-state index is 12.7. The van der Waals surface area contributed by atoms with E-state index in [1.807, 2.05) is 4.90 Å². The van der Waals surface area contributed by atoms with Crippen LogP contribution in [0.3, 0.4) is 0 Å². The number of amides is 1. The van der Waals surface area contributed by atoms with Crippen molar-refractivity contribution >= 4 is 30.7 Å². The zero-order valence-electron chi connectivity index (χ0n) is 13.9. The number of piperidine rings is 1. The van der Waals surface area contributed by atoms with Gasteiger partial charge in [0.2, 0.25) is 5.91 Å². The smallest absolute Gasteiger partial charge is 0.224 e. The van der Waals surface area contributed by atoms with Crippen LogP contribution < -0.4 is 5.73 Å². The molecule has 3 fully saturated rings. The van der Waals surface area contributed by atoms with Gasteiger partial charge in [-0.25, -0.2) is 0 Å². The summed E-state index contributed by atoms with van der Waals surface area (Å²) in [4.78, 5) is 17.3. The van der Waals surface area contributed by atoms with Gasteiger partial charge >= 0.3 is 0 Å². The van der Waals surface area contributed by atoms with E-state index in [9.17, 15) is 4.79 Å². The van der Waals surface area contributed by atoms with Gasteiger partial charge in [-0.05, 0) is 25.7 Å². The molecule has 136 valence electrons. The Morgan fingerprint density at radius 3 is 2.17 bits per heavy atom. The first-order valence-electron chi connectivity index (χ1n) is 8.56. The molecule has 23 heavy (non-hydrogen) atoms. The number of morpholine rings is 1. The van der Waals surface area contributed by atoms with Crippen molar-refractivity contribution in [1.82, 2.24) is 9.80 Å². The molecule has 0 atom stereocenters. The average molecular weight is 368 g/mol. The fourth-order valence-corrected chi connectivity index (χ4v) is 4.22. The van der Waals surface area contributed by atoms with Gasteiger partial charge < -0.3 is 15.4 Å². The number of ether oxygens (including phenoxy) is 1. The Balaban J connectivity index is 0.00000132. The number of hydrogen-bond acceptors (Lipinski definition) is 4. The Kier molecular flexibility index (Phi) is 8.59. The van der Waals surface area contributed by atoms with Crippen LogP contribution in [0, 0.1) is 0 Å². The SMILES string of the molecule is Cl.Cl.NC1CCN(C(=O)CC2(N3CCOCC3)CCCC2)CC1. The minimum atomic E-state index is 0. The summed E-state index contributed by atoms with van der Waals surface area (Å²) in [5, 5.41) is 0. The lowest BCUT2D eigenvalue weighted by Crippen LogP contribution is -2.55. The molecule has 0 aromatic carbocycles. The lowest BCUT2D eigenvalue weighted by atomic mass is 9.89. The summed E-state index contributed by atoms with van der Waals surface area (Å²) in [6.07, 6.45) is 7.47. The fraction of sp³-hybridized carbons (Fsp3) is 0.938. The van der Waals surface area contributed by atoms with Gasteiger partial charge in [0.05, 0.1) is 13.2 Å². The molecule has 1 amide bonds. The third-order valence-corrected chi connectivity index (χ3v) is 5.59. The Hall–Kier alpha value is -0.0700. The molecule has 1 aliphatic carbocycles. The minimum Gasteiger partial charge on any atom is -0.379 e. The van der Waals surface area contributed by atoms with E-state index in [2.05, 4.69) is 4.90 Å². The Morgan fingerprint density at radius 1 is 1.04 bits per heavy atom. The molecule has 0 aromatic rings. The van der Waals surface area contributed by atoms with Crippen LogP contribution in [-0.4, -0.2) is 66.7 Å². The van der Waals surface area contributed by atoms with E-state index >= 15 is 0 Å². The molecule has 5 nitrogen and oxygen atoms in total. The average Bonchev–Trinajstić information content (AvgIpc) is 2.98. The fourth-order valence-electron chi connectivity index (χ4n) is 4.22. The van der Waals surface area contributed by atoms with Gasteiger partial charge in [0.15, 0.2) is 0 Å². The van der Waals surface area contributed by atoms with Gasteiger partial charge in [-0.15, -0.1) is 24.8 Å². The predicted molar refractivity (Wildman–Crippen MR) is 96.5 cm³/mol. The van der Waals surface area contributed by atoms with Gasteiger partial charge in [-0.2, -0.15) is 0 Å². The summed E-state index contributed by atoms with van der Waals surface area (Å²) in [6, 6.07) is 0.286. The van der Waals surface area contributed by atoms with Gasteiger partial charge in [-0.1, -0.05) is 12.8 Å². The van der Waals surface area contributed by atoms with E-state index < -0.39 is 0 Å². The predicted octanol–water partition coefficient (Wildman–Crippen LogP) is 1.81. The maximum absolute atomic E-state index is 12.7. The van der Waals surface area contributed by atoms with Crippen molar-refractivity contribution in [2.24, 2.45) is 5.73 Å². The standard InChI is InChI=1S/C16H29N3O2.2ClH/c17-14-3-7-18(8-4-14)15(20)13-16(5-1-2-6-16)19-9-11-21-12-10-19;;/h14H,1-13,17H2;2*1H. The third-order valence-electron chi connectivity index (χ3n) is 5.59. The zero-order chi connectivity index (χ0) is 14.7. The number of nitrogens with zero attached hydrogens (tertiary/aromatic N) is 2. The van der Waals surface area contributed by atoms with Crippen LogP contribution in [0.4, 0.5) is 0 Å². The highest BCUT2D eigenvalue weighted by Crippen LogP contribution is 2.39. The summed E-state index contributed by atoms with van der Waals surface area (Å²) in [5.74, 6) is 0.343. The van der Waals surface area contributed by atoms with E-state index in [1.165, 1.54) is 25.7 Å². The highest BCUT2D eigenvalue weighted by atomic mass is 35.5. The summed E-state index contributed by atoms with van der Waals surface area (Å²) in [5.41, 5.74) is 6.06. The molecule has 0 aromatic heterocycles. The Labute approximate surface area is 152 Å². The van der Waals surface area contributed by atoms with Crippen molar-refractivity contribution in [2.75, 3.05) is 39.4 Å². The first-order chi connectivity index (χ1) is 10.2. The molecule has 1 saturated carbocycles. The van der Waals surface area contributed by atoms with Crippen LogP contribution in [0.5, 0.6) is 0 Å². The largest absolute Gasteiger partial charge is 0.379 e. The van der Waals surface area contributed by atoms with E-state index in [4.69, 9.17) is 10.5 Å². The van der Waals surface area contributed by atoms with Crippen molar-refractivity contribution in [3.05, 3.63) is 0 Å². The van der Waals surface area contributed by atoms with Crippen LogP contribution in [-0.2, 0) is 9.53 Å². The van der Waals surface area contributed by atoms with Crippen molar-refractivity contribution in [1.29, 1.82) is 0 Å². The molecule has 2 saturated heterocycles. The highest BCUT2D eigenvalue weighted by molar-refractivity contribution is 5.85. The van der Waals surface area contributed by atoms with Crippen molar-refractivity contribution < 1.29 is 9.53 Å². The topological polar surface area (TPSA) is 58.8 Å². The summed E-state index contributed by atoms with van der Waals surface area (Å²) in [7, 11) is 0. The highest BCUT2D eigenvalue weighted by Gasteiger charge is 2.42. The van der Waals surface area contributed by atoms with Crippen LogP contribution in [0.2, 0.25) is 0 Å². The van der Waals surface area contributed by atoms with Crippen LogP contribution in [0.1, 0.15) is 44.9 Å². The monoisotopic (exact) mass is 367 g/mol. The lowest BCUT2D eigenvalue weighted by Gasteiger charge is -2.44. The Morgan fingerprint density at radius 2 is 1.61 bits per heavy atom. The number of carbonyl (C=O) groups excluding carboxylic acids is 1. The number of rotatable bonds is 3. The number of likely N-dealkylation sites (tertiary alicyclic amines) is 1. The molecule has 2 aliphatic heterocycles. The molecule has 0 unspecified atom stereocenters. The number of nitrogens with two attached hydrogens (primary N) is 1. The van der Waals surface area contributed by atoms with Crippen LogP contribution >= 0.6 is 24.8 Å². The molecule has 0 spiro atoms. The molecular weight excluding hydrogens is 337 g/mol. The van der Waals surface area contributed by atoms with Gasteiger partial charge in [0, 0.05) is 44.2 Å². The summed E-state index contributed by atoms with van der Waals surface area (Å²) < 4.78 is 5.49. The third kappa shape index (κ3) is 4.95. The van der Waals surface area contributed by atoms with Gasteiger partial charge in [-0.3, -0.25) is 9.69 Å². The first kappa shape index (κ1) is 21.0. The number of hydrogen-bond donors (Lipinski definition) is 1. The summed E-state index contributed by atoms with van der Waals surface area (Å²) >= 11 is 0. The number of carbonyl (C=O) groups is 1. The van der Waals surface area contributed by atoms with E-state index in [-0.39, 0.29) is 36.4 Å². The van der Waals surface area contributed by atoms with Gasteiger partial charge in [0.1, 0.15) is 0 Å². The molecular formula is C16H31Cl2N3O2. The second-order valence-corrected chi connectivity index (χ2v) is 6.93. The van der Waals surface area contributed by atoms with Gasteiger partial charge in [0.25, 0.3) is 0 Å². The molecule has 3 rings (SSSR count). The first-order valence-corrected chi connectivity index (χ1v) is 8.56. The normalized spacial score (nSPS) is 25.5. The van der Waals surface area contributed by atoms with E-state index in [0.717, 1.165) is 52.2 Å². The van der Waals surface area contributed by atoms with Crippen molar-refractivity contribution in [2.45, 2.75) is 56.5 Å². The lowest BCUT2D eigenvalue weighted by molar-refractivity contribution is -0.136. The molecule has 7 heteroatoms. The Bertz CT molecular complexity index is 364. The van der Waals surface area contributed by atoms with E-state index in [0.29, 0.717) is 12.3 Å². The number of halogens is 2. The van der Waals surface area contributed by atoms with Crippen LogP contribution in [0.15, 0.2) is 0 Å². The van der Waals surface area contributed by atoms with Crippen molar-refractivity contribution in [3.8, 4) is 0 Å². The maximum Gasteiger partial charge on any atom is 0.224 e. The minimum absolute atomic E-state index is 0. The second kappa shape index (κ2) is 9.42. The second-order valence-electron chi connectivity index (χ2n) is 6.93. The molecule has 2 N–H and O–H groups in total. The molecule has 2 heterocycles. The molecule has 0 radical (unpaired) electrons. The molecule has 3 aliphatic rings. The quantitative estimate of drug-likeness (QED) is 0.826. The van der Waals surface area contributed by atoms with Crippen molar-refractivity contribution in [3.63, 3.8) is 0 Å². The summed E-state index contributed by atoms with van der Waals surface area (Å²) in [6.45, 7) is 5.29. The molecule has 0 bridgehead atoms. The van der Waals surface area contributed by atoms with Crippen LogP contribution in [0.25, 0.3) is 0 Å². The van der Waals surface area contributed by atoms with E-state index in [1.54, 1.807) is 0 Å². The zero-order valence-corrected chi connectivity index (χ0v) is 15.5.